The molecule has 0 radical (unpaired) electrons. The number of rotatable bonds is 9. The maximum Gasteiger partial charge on any atom is 0.410 e. The average molecular weight is 1020 g/mol. The Morgan fingerprint density at radius 3 is 0.954 bits per heavy atom. The molecule has 0 aliphatic carbocycles. The largest absolute Gasteiger partial charge is 0.480 e. The lowest BCUT2D eigenvalue weighted by atomic mass is 10.2. The summed E-state index contributed by atoms with van der Waals surface area (Å²) in [5.74, 6) is -0.444. The van der Waals surface area contributed by atoms with E-state index >= 15 is 0 Å². The van der Waals surface area contributed by atoms with E-state index in [-0.39, 0.29) is 53.8 Å². The SMILES string of the molecule is CC(C)(C)OC(=O)N1CCNCC1.CN(C)CC(=O)Cl.CN(C)CC(=O)N1CCN(C(=O)OC(C)(C)C)CC1.CN(C)CC(=O)N1CCNCC1.CN(C)CC(=O)O.Cl.O=C(Cl)C(=O)Cl. The van der Waals surface area contributed by atoms with Crippen molar-refractivity contribution in [2.45, 2.75) is 52.7 Å². The van der Waals surface area contributed by atoms with Gasteiger partial charge in [0.2, 0.25) is 17.1 Å². The van der Waals surface area contributed by atoms with Gasteiger partial charge in [-0.15, -0.1) is 12.4 Å². The van der Waals surface area contributed by atoms with Gasteiger partial charge in [-0.05, 0) is 133 Å². The van der Waals surface area contributed by atoms with Gasteiger partial charge in [0, 0.05) is 78.5 Å². The summed E-state index contributed by atoms with van der Waals surface area (Å²) in [4.78, 5) is 99.5. The Morgan fingerprint density at radius 1 is 0.477 bits per heavy atom. The van der Waals surface area contributed by atoms with E-state index in [1.165, 1.54) is 0 Å². The zero-order valence-electron chi connectivity index (χ0n) is 41.0. The maximum atomic E-state index is 11.9. The quantitative estimate of drug-likeness (QED) is 0.219. The van der Waals surface area contributed by atoms with Crippen LogP contribution >= 0.6 is 47.2 Å². The molecule has 3 N–H and O–H groups in total. The van der Waals surface area contributed by atoms with Gasteiger partial charge in [0.15, 0.2) is 0 Å². The van der Waals surface area contributed by atoms with Crippen molar-refractivity contribution in [1.82, 2.24) is 49.8 Å². The van der Waals surface area contributed by atoms with Crippen LogP contribution in [0.4, 0.5) is 9.59 Å². The highest BCUT2D eigenvalue weighted by atomic mass is 35.5. The molecule has 3 fully saturated rings. The number of likely N-dealkylation sites (N-methyl/N-ethyl adjacent to an activating group) is 4. The number of hydrogen-bond donors (Lipinski definition) is 3. The number of ether oxygens (including phenoxy) is 2. The maximum absolute atomic E-state index is 11.9. The third-order valence-electron chi connectivity index (χ3n) is 7.47. The zero-order chi connectivity index (χ0) is 50.4. The summed E-state index contributed by atoms with van der Waals surface area (Å²) in [7, 11) is 14.6. The van der Waals surface area contributed by atoms with E-state index in [1.807, 2.05) is 84.4 Å². The summed E-state index contributed by atoms with van der Waals surface area (Å²) in [6.07, 6.45) is -0.499. The van der Waals surface area contributed by atoms with Crippen LogP contribution in [0.3, 0.4) is 0 Å². The molecule has 25 heteroatoms. The molecule has 0 atom stereocenters. The van der Waals surface area contributed by atoms with E-state index in [2.05, 4.69) is 33.8 Å². The molecule has 3 aliphatic heterocycles. The van der Waals surface area contributed by atoms with Gasteiger partial charge in [-0.2, -0.15) is 0 Å². The van der Waals surface area contributed by atoms with E-state index in [0.29, 0.717) is 45.8 Å². The molecule has 3 aliphatic rings. The van der Waals surface area contributed by atoms with Gasteiger partial charge in [0.25, 0.3) is 0 Å². The lowest BCUT2D eigenvalue weighted by molar-refractivity contribution is -0.137. The molecule has 0 bridgehead atoms. The van der Waals surface area contributed by atoms with Gasteiger partial charge in [0.1, 0.15) is 11.2 Å². The summed E-state index contributed by atoms with van der Waals surface area (Å²) in [6.45, 7) is 21.6. The van der Waals surface area contributed by atoms with Gasteiger partial charge in [-0.1, -0.05) is 0 Å². The molecule has 0 spiro atoms. The number of piperazine rings is 3. The van der Waals surface area contributed by atoms with Crippen molar-refractivity contribution in [3.8, 4) is 0 Å². The van der Waals surface area contributed by atoms with Crippen LogP contribution in [0, 0.1) is 0 Å². The first-order chi connectivity index (χ1) is 29.3. The predicted molar refractivity (Wildman–Crippen MR) is 256 cm³/mol. The smallest absolute Gasteiger partial charge is 0.410 e. The monoisotopic (exact) mass is 1010 g/mol. The number of carboxylic acid groups (broad SMARTS) is 1. The first-order valence-electron chi connectivity index (χ1n) is 20.6. The Balaban J connectivity index is -0.000000360. The fourth-order valence-corrected chi connectivity index (χ4v) is 5.05. The molecule has 0 aromatic heterocycles. The van der Waals surface area contributed by atoms with Crippen molar-refractivity contribution < 1.29 is 52.9 Å². The highest BCUT2D eigenvalue weighted by Crippen LogP contribution is 2.12. The van der Waals surface area contributed by atoms with E-state index in [4.69, 9.17) is 26.2 Å². The summed E-state index contributed by atoms with van der Waals surface area (Å²) in [5, 5.41) is 11.8. The minimum atomic E-state index is -1.14. The number of amides is 4. The molecule has 21 nitrogen and oxygen atoms in total. The molecular formula is C40H78Cl4N10O11. The van der Waals surface area contributed by atoms with Crippen LogP contribution in [-0.4, -0.2) is 262 Å². The third kappa shape index (κ3) is 44.5. The molecule has 0 aromatic rings. The first-order valence-corrected chi connectivity index (χ1v) is 21.7. The Kier molecular flexibility index (Phi) is 38.9. The number of carboxylic acids is 1. The topological polar surface area (TPSA) is 225 Å². The van der Waals surface area contributed by atoms with Gasteiger partial charge in [-0.25, -0.2) is 9.59 Å². The molecule has 65 heavy (non-hydrogen) atoms. The van der Waals surface area contributed by atoms with Crippen LogP contribution < -0.4 is 10.6 Å². The Morgan fingerprint density at radius 2 is 0.738 bits per heavy atom. The van der Waals surface area contributed by atoms with Crippen LogP contribution in [0.15, 0.2) is 0 Å². The normalized spacial score (nSPS) is 14.8. The summed E-state index contributed by atoms with van der Waals surface area (Å²) in [5.41, 5.74) is -0.864. The Bertz CT molecular complexity index is 1380. The number of carbonyl (C=O) groups is 8. The number of hydrogen-bond acceptors (Lipinski definition) is 16. The van der Waals surface area contributed by atoms with Crippen LogP contribution in [0.2, 0.25) is 0 Å². The first kappa shape index (κ1) is 68.5. The molecule has 0 unspecified atom stereocenters. The van der Waals surface area contributed by atoms with Crippen molar-refractivity contribution in [3.05, 3.63) is 0 Å². The second kappa shape index (κ2) is 36.9. The molecular weight excluding hydrogens is 938 g/mol. The van der Waals surface area contributed by atoms with E-state index in [9.17, 15) is 38.4 Å². The summed E-state index contributed by atoms with van der Waals surface area (Å²) in [6, 6.07) is 0. The second-order valence-corrected chi connectivity index (χ2v) is 18.6. The molecule has 0 aromatic carbocycles. The van der Waals surface area contributed by atoms with Crippen molar-refractivity contribution in [2.75, 3.05) is 161 Å². The molecule has 3 rings (SSSR count). The minimum Gasteiger partial charge on any atom is -0.480 e. The van der Waals surface area contributed by atoms with Crippen molar-refractivity contribution >= 4 is 92.9 Å². The molecule has 0 saturated carbocycles. The predicted octanol–water partition coefficient (Wildman–Crippen LogP) is 1.32. The standard InChI is InChI=1S/C13H25N3O3.C9H18N2O2.C8H17N3O.C4H8ClNO.C4H9NO2.C2Cl2O2.ClH/c1-13(2,3)19-12(18)16-8-6-15(7-9-16)11(17)10-14(4)5;1-9(2,3)13-8(12)11-6-4-10-5-7-11;1-10(2)7-8(12)11-5-3-9-4-6-11;1-6(2)3-4(5)7;1-5(2)3-4(6)7;3-1(5)2(4)6;/h6-10H2,1-5H3;10H,4-7H2,1-3H3;9H,3-7H2,1-2H3;3H2,1-2H3;3H2,1-2H3,(H,6,7);;1H. The molecule has 3 heterocycles. The van der Waals surface area contributed by atoms with Gasteiger partial charge >= 0.3 is 28.6 Å². The second-order valence-electron chi connectivity index (χ2n) is 17.4. The van der Waals surface area contributed by atoms with Crippen molar-refractivity contribution in [2.24, 2.45) is 0 Å². The summed E-state index contributed by atoms with van der Waals surface area (Å²) >= 11 is 14.0. The molecule has 4 amide bonds. The van der Waals surface area contributed by atoms with E-state index < -0.39 is 22.1 Å². The summed E-state index contributed by atoms with van der Waals surface area (Å²) < 4.78 is 10.5. The van der Waals surface area contributed by atoms with Crippen LogP contribution in [-0.2, 0) is 38.2 Å². The fraction of sp³-hybridized carbons (Fsp3) is 0.800. The average Bonchev–Trinajstić information content (AvgIpc) is 3.14. The number of nitrogens with one attached hydrogen (secondary N) is 2. The lowest BCUT2D eigenvalue weighted by Crippen LogP contribution is -2.53. The van der Waals surface area contributed by atoms with Gasteiger partial charge in [0.05, 0.1) is 26.2 Å². The van der Waals surface area contributed by atoms with Gasteiger partial charge < -0.3 is 59.5 Å². The minimum absolute atomic E-state index is 0. The van der Waals surface area contributed by atoms with Gasteiger partial charge in [-0.3, -0.25) is 33.7 Å². The number of halogens is 4. The zero-order valence-corrected chi connectivity index (χ0v) is 44.0. The van der Waals surface area contributed by atoms with Crippen molar-refractivity contribution in [1.29, 1.82) is 0 Å². The van der Waals surface area contributed by atoms with Crippen LogP contribution in [0.25, 0.3) is 0 Å². The van der Waals surface area contributed by atoms with Crippen molar-refractivity contribution in [3.63, 3.8) is 0 Å². The van der Waals surface area contributed by atoms with E-state index in [1.54, 1.807) is 52.7 Å². The molecule has 3 saturated heterocycles. The lowest BCUT2D eigenvalue weighted by Gasteiger charge is -2.36. The highest BCUT2D eigenvalue weighted by Gasteiger charge is 2.28. The van der Waals surface area contributed by atoms with Crippen LogP contribution in [0.1, 0.15) is 41.5 Å². The fourth-order valence-electron chi connectivity index (χ4n) is 4.81. The number of aliphatic carboxylic acids is 1. The highest BCUT2D eigenvalue weighted by molar-refractivity contribution is 6.97. The number of nitrogens with zero attached hydrogens (tertiary/aromatic N) is 8. The molecule has 382 valence electrons. The third-order valence-corrected chi connectivity index (χ3v) is 8.03. The van der Waals surface area contributed by atoms with Crippen LogP contribution in [0.5, 0.6) is 0 Å². The number of carbonyl (C=O) groups excluding carboxylic acids is 7. The Hall–Kier alpha value is -3.12. The Labute approximate surface area is 408 Å². The van der Waals surface area contributed by atoms with E-state index in [0.717, 1.165) is 52.4 Å².